The Kier molecular flexibility index (Phi) is 26.2. The first-order valence-electron chi connectivity index (χ1n) is 9.64. The van der Waals surface area contributed by atoms with Gasteiger partial charge in [-0.05, 0) is 12.8 Å². The monoisotopic (exact) mass is 420 g/mol. The van der Waals surface area contributed by atoms with Gasteiger partial charge in [0.15, 0.2) is 0 Å². The fraction of sp³-hybridized carbons (Fsp3) is 0.889. The van der Waals surface area contributed by atoms with Crippen molar-refractivity contribution in [3.8, 4) is 0 Å². The predicted molar refractivity (Wildman–Crippen MR) is 108 cm³/mol. The zero-order valence-corrected chi connectivity index (χ0v) is 17.1. The summed E-state index contributed by atoms with van der Waals surface area (Å²) >= 11 is 0. The van der Waals surface area contributed by atoms with Crippen molar-refractivity contribution in [3.05, 3.63) is 0 Å². The molecule has 0 aliphatic carbocycles. The molecule has 7 nitrogen and oxygen atoms in total. The Morgan fingerprint density at radius 3 is 1.22 bits per heavy atom. The molecule has 0 saturated heterocycles. The van der Waals surface area contributed by atoms with Crippen LogP contribution in [0.25, 0.3) is 0 Å². The summed E-state index contributed by atoms with van der Waals surface area (Å²) in [7, 11) is -4.67. The molecule has 0 aliphatic rings. The van der Waals surface area contributed by atoms with Gasteiger partial charge in [-0.2, -0.15) is 8.42 Å². The average molecular weight is 421 g/mol. The second-order valence-electron chi connectivity index (χ2n) is 6.33. The number of carbonyl (C=O) groups is 2. The molecule has 0 radical (unpaired) electrons. The van der Waals surface area contributed by atoms with Gasteiger partial charge in [0.2, 0.25) is 0 Å². The van der Waals surface area contributed by atoms with Crippen LogP contribution in [-0.4, -0.2) is 59.0 Å². The van der Waals surface area contributed by atoms with Gasteiger partial charge < -0.3 is 4.74 Å². The topological polar surface area (TPSA) is 118 Å². The first kappa shape index (κ1) is 31.7. The van der Waals surface area contributed by atoms with E-state index in [0.29, 0.717) is 12.8 Å². The molecule has 2 N–H and O–H groups in total. The van der Waals surface area contributed by atoms with Gasteiger partial charge in [-0.15, -0.1) is 0 Å². The van der Waals surface area contributed by atoms with E-state index in [0.717, 1.165) is 25.7 Å². The van der Waals surface area contributed by atoms with Gasteiger partial charge in [0.1, 0.15) is 0 Å². The summed E-state index contributed by atoms with van der Waals surface area (Å²) in [6.07, 6.45) is 14.4. The molecular weight excluding hydrogens is 383 g/mol. The molecule has 9 heteroatoms. The molecule has 0 aromatic rings. The Balaban J connectivity index is -0.000000844. The molecule has 0 aromatic carbocycles. The normalized spacial score (nSPS) is 10.4. The second-order valence-corrected chi connectivity index (χ2v) is 7.23. The van der Waals surface area contributed by atoms with Crippen molar-refractivity contribution >= 4 is 51.9 Å². The van der Waals surface area contributed by atoms with Gasteiger partial charge in [-0.3, -0.25) is 18.7 Å². The molecule has 0 aliphatic heterocycles. The van der Waals surface area contributed by atoms with E-state index in [4.69, 9.17) is 22.3 Å². The van der Waals surface area contributed by atoms with E-state index < -0.39 is 10.4 Å². The van der Waals surface area contributed by atoms with Crippen molar-refractivity contribution in [2.45, 2.75) is 104 Å². The van der Waals surface area contributed by atoms with Gasteiger partial charge in [0, 0.05) is 12.8 Å². The number of unbranched alkanes of at least 4 members (excludes halogenated alkanes) is 10. The molecule has 0 unspecified atom stereocenters. The number of rotatable bonds is 14. The summed E-state index contributed by atoms with van der Waals surface area (Å²) < 4.78 is 36.4. The average Bonchev–Trinajstić information content (AvgIpc) is 2.52. The van der Waals surface area contributed by atoms with E-state index in [9.17, 15) is 9.59 Å². The standard InChI is InChI=1S/C18H34O3.Na.H2O4S.H/c1-3-5-7-9-11-13-15-17(19)21-18(20)16-14-12-10-8-6-4-2;;1-5(2,3)4;/h3-16H2,1-2H3;;(H2,1,2,3,4);. The molecule has 0 amide bonds. The summed E-state index contributed by atoms with van der Waals surface area (Å²) in [5, 5.41) is 0. The Labute approximate surface area is 186 Å². The predicted octanol–water partition coefficient (Wildman–Crippen LogP) is 4.26. The molecular formula is C18H37NaO7S. The molecule has 158 valence electrons. The van der Waals surface area contributed by atoms with Gasteiger partial charge in [-0.25, -0.2) is 0 Å². The molecule has 0 bridgehead atoms. The van der Waals surface area contributed by atoms with Crippen LogP contribution >= 0.6 is 0 Å². The molecule has 0 fully saturated rings. The van der Waals surface area contributed by atoms with Gasteiger partial charge >= 0.3 is 51.9 Å². The summed E-state index contributed by atoms with van der Waals surface area (Å²) in [6, 6.07) is 0. The minimum absolute atomic E-state index is 0. The summed E-state index contributed by atoms with van der Waals surface area (Å²) in [5.74, 6) is -0.692. The second kappa shape index (κ2) is 22.3. The van der Waals surface area contributed by atoms with Crippen LogP contribution in [0, 0.1) is 0 Å². The first-order valence-corrected chi connectivity index (χ1v) is 11.0. The van der Waals surface area contributed by atoms with E-state index in [1.807, 2.05) is 0 Å². The van der Waals surface area contributed by atoms with Gasteiger partial charge in [0.05, 0.1) is 0 Å². The molecule has 27 heavy (non-hydrogen) atoms. The van der Waals surface area contributed by atoms with Gasteiger partial charge in [0.25, 0.3) is 0 Å². The molecule has 0 aromatic heterocycles. The SMILES string of the molecule is CCCCCCCCC(=O)OC(=O)CCCCCCCC.O=S(=O)(O)O.[NaH]. The zero-order chi connectivity index (χ0) is 20.3. The van der Waals surface area contributed by atoms with E-state index in [1.54, 1.807) is 0 Å². The van der Waals surface area contributed by atoms with Crippen LogP contribution in [0.5, 0.6) is 0 Å². The van der Waals surface area contributed by atoms with E-state index in [-0.39, 0.29) is 41.5 Å². The van der Waals surface area contributed by atoms with E-state index in [2.05, 4.69) is 13.8 Å². The molecule has 0 atom stereocenters. The van der Waals surface area contributed by atoms with Gasteiger partial charge in [-0.1, -0.05) is 78.1 Å². The van der Waals surface area contributed by atoms with Crippen LogP contribution in [0.15, 0.2) is 0 Å². The third kappa shape index (κ3) is 37.4. The quantitative estimate of drug-likeness (QED) is 0.142. The van der Waals surface area contributed by atoms with Crippen LogP contribution < -0.4 is 0 Å². The number of hydrogen-bond acceptors (Lipinski definition) is 5. The summed E-state index contributed by atoms with van der Waals surface area (Å²) in [5.41, 5.74) is 0. The van der Waals surface area contributed by atoms with Crippen LogP contribution in [0.2, 0.25) is 0 Å². The number of carbonyl (C=O) groups excluding carboxylic acids is 2. The fourth-order valence-electron chi connectivity index (χ4n) is 2.33. The number of esters is 2. The minimum atomic E-state index is -4.67. The third-order valence-corrected chi connectivity index (χ3v) is 3.70. The van der Waals surface area contributed by atoms with Crippen LogP contribution in [0.4, 0.5) is 0 Å². The maximum absolute atomic E-state index is 11.5. The third-order valence-electron chi connectivity index (χ3n) is 3.70. The van der Waals surface area contributed by atoms with Crippen molar-refractivity contribution in [2.75, 3.05) is 0 Å². The Morgan fingerprint density at radius 1 is 0.667 bits per heavy atom. The Morgan fingerprint density at radius 2 is 0.926 bits per heavy atom. The number of ether oxygens (including phenoxy) is 1. The fourth-order valence-corrected chi connectivity index (χ4v) is 2.33. The van der Waals surface area contributed by atoms with Crippen molar-refractivity contribution in [1.82, 2.24) is 0 Å². The van der Waals surface area contributed by atoms with Crippen LogP contribution in [0.1, 0.15) is 104 Å². The molecule has 0 heterocycles. The Hall–Kier alpha value is 0.01000. The first-order chi connectivity index (χ1) is 12.2. The number of hydrogen-bond donors (Lipinski definition) is 2. The van der Waals surface area contributed by atoms with Crippen molar-refractivity contribution < 1.29 is 31.8 Å². The molecule has 0 spiro atoms. The van der Waals surface area contributed by atoms with Crippen molar-refractivity contribution in [3.63, 3.8) is 0 Å². The molecule has 0 saturated carbocycles. The van der Waals surface area contributed by atoms with E-state index >= 15 is 0 Å². The zero-order valence-electron chi connectivity index (χ0n) is 16.2. The van der Waals surface area contributed by atoms with E-state index in [1.165, 1.54) is 51.4 Å². The summed E-state index contributed by atoms with van der Waals surface area (Å²) in [4.78, 5) is 22.9. The van der Waals surface area contributed by atoms with Crippen LogP contribution in [0.3, 0.4) is 0 Å². The summed E-state index contributed by atoms with van der Waals surface area (Å²) in [6.45, 7) is 4.37. The van der Waals surface area contributed by atoms with Crippen molar-refractivity contribution in [1.29, 1.82) is 0 Å². The maximum atomic E-state index is 11.5. The Bertz CT molecular complexity index is 419. The van der Waals surface area contributed by atoms with Crippen LogP contribution in [-0.2, 0) is 24.7 Å². The molecule has 0 rings (SSSR count). The van der Waals surface area contributed by atoms with Crippen molar-refractivity contribution in [2.24, 2.45) is 0 Å².